The highest BCUT2D eigenvalue weighted by Crippen LogP contribution is 2.33. The second-order valence-electron chi connectivity index (χ2n) is 9.78. The van der Waals surface area contributed by atoms with Gasteiger partial charge in [-0.05, 0) is 56.5 Å². The number of hydrogen-bond acceptors (Lipinski definition) is 7. The van der Waals surface area contributed by atoms with E-state index in [9.17, 15) is 18.0 Å². The number of rotatable bonds is 8. The highest BCUT2D eigenvalue weighted by atomic mass is 35.5. The van der Waals surface area contributed by atoms with Gasteiger partial charge in [-0.25, -0.2) is 13.4 Å². The number of nitrogens with one attached hydrogen (secondary N) is 1. The van der Waals surface area contributed by atoms with E-state index < -0.39 is 15.4 Å². The third kappa shape index (κ3) is 6.73. The van der Waals surface area contributed by atoms with E-state index in [1.807, 2.05) is 17.0 Å². The van der Waals surface area contributed by atoms with Gasteiger partial charge in [0.05, 0.1) is 14.9 Å². The number of carbonyl (C=O) groups is 2. The smallest absolute Gasteiger partial charge is 0.271 e. The van der Waals surface area contributed by atoms with Crippen LogP contribution in [0.25, 0.3) is 0 Å². The SMILES string of the molecule is CC(C)(Oc1ccccc1Cl)C(=O)N1CCC(c2nc(C(=O)NCc3ccc(S(C)(=O)=O)cc3)cs2)CC1. The molecule has 0 unspecified atom stereocenters. The van der Waals surface area contributed by atoms with Gasteiger partial charge in [0, 0.05) is 37.2 Å². The van der Waals surface area contributed by atoms with Gasteiger partial charge < -0.3 is 15.0 Å². The van der Waals surface area contributed by atoms with Crippen LogP contribution in [0.15, 0.2) is 58.8 Å². The number of ether oxygens (including phenoxy) is 1. The molecule has 1 N–H and O–H groups in total. The molecule has 2 heterocycles. The highest BCUT2D eigenvalue weighted by molar-refractivity contribution is 7.90. The first kappa shape index (κ1) is 28.1. The monoisotopic (exact) mass is 575 g/mol. The van der Waals surface area contributed by atoms with Crippen molar-refractivity contribution in [2.45, 2.75) is 49.6 Å². The normalized spacial score (nSPS) is 14.8. The van der Waals surface area contributed by atoms with E-state index in [0.717, 1.165) is 29.7 Å². The Morgan fingerprint density at radius 3 is 2.42 bits per heavy atom. The number of sulfone groups is 1. The van der Waals surface area contributed by atoms with Gasteiger partial charge in [-0.1, -0.05) is 35.9 Å². The maximum atomic E-state index is 13.2. The third-order valence-corrected chi connectivity index (χ3v) is 8.86. The van der Waals surface area contributed by atoms with Gasteiger partial charge in [-0.15, -0.1) is 11.3 Å². The van der Waals surface area contributed by atoms with Crippen molar-refractivity contribution in [1.82, 2.24) is 15.2 Å². The molecule has 0 atom stereocenters. The molecule has 1 aliphatic heterocycles. The fourth-order valence-electron chi connectivity index (χ4n) is 4.26. The van der Waals surface area contributed by atoms with Gasteiger partial charge >= 0.3 is 0 Å². The number of benzene rings is 2. The summed E-state index contributed by atoms with van der Waals surface area (Å²) < 4.78 is 29.2. The van der Waals surface area contributed by atoms with E-state index >= 15 is 0 Å². The first-order valence-corrected chi connectivity index (χ1v) is 15.3. The highest BCUT2D eigenvalue weighted by Gasteiger charge is 2.37. The van der Waals surface area contributed by atoms with Gasteiger partial charge in [0.25, 0.3) is 11.8 Å². The molecule has 2 amide bonds. The molecular weight excluding hydrogens is 546 g/mol. The van der Waals surface area contributed by atoms with Crippen LogP contribution in [0.1, 0.15) is 53.7 Å². The van der Waals surface area contributed by atoms with Crippen LogP contribution >= 0.6 is 22.9 Å². The number of piperidine rings is 1. The standard InChI is InChI=1S/C27H30ClN3O5S2/c1-27(2,36-23-7-5-4-6-21(23)28)26(33)31-14-12-19(13-15-31)25-30-22(17-37-25)24(32)29-16-18-8-10-20(11-9-18)38(3,34)35/h4-11,17,19H,12-16H2,1-3H3,(H,29,32). The molecule has 8 nitrogen and oxygen atoms in total. The van der Waals surface area contributed by atoms with Gasteiger partial charge in [-0.2, -0.15) is 0 Å². The van der Waals surface area contributed by atoms with Crippen LogP contribution in [0.5, 0.6) is 5.75 Å². The quantitative estimate of drug-likeness (QED) is 0.417. The van der Waals surface area contributed by atoms with Crippen LogP contribution in [0.4, 0.5) is 0 Å². The van der Waals surface area contributed by atoms with Gasteiger partial charge in [0.2, 0.25) is 0 Å². The Kier molecular flexibility index (Phi) is 8.44. The molecule has 1 saturated heterocycles. The summed E-state index contributed by atoms with van der Waals surface area (Å²) in [6.07, 6.45) is 2.65. The maximum absolute atomic E-state index is 13.2. The molecule has 0 bridgehead atoms. The van der Waals surface area contributed by atoms with Crippen molar-refractivity contribution < 1.29 is 22.7 Å². The first-order chi connectivity index (χ1) is 17.9. The van der Waals surface area contributed by atoms with E-state index in [-0.39, 0.29) is 29.2 Å². The fourth-order valence-corrected chi connectivity index (χ4v) is 6.04. The Bertz CT molecular complexity index is 1410. The zero-order valence-electron chi connectivity index (χ0n) is 21.4. The lowest BCUT2D eigenvalue weighted by molar-refractivity contribution is -0.146. The Morgan fingerprint density at radius 1 is 1.13 bits per heavy atom. The fraction of sp³-hybridized carbons (Fsp3) is 0.370. The summed E-state index contributed by atoms with van der Waals surface area (Å²) in [5.41, 5.74) is 0.0836. The van der Waals surface area contributed by atoms with Crippen LogP contribution in [-0.2, 0) is 21.2 Å². The van der Waals surface area contributed by atoms with Crippen molar-refractivity contribution in [2.24, 2.45) is 0 Å². The van der Waals surface area contributed by atoms with Gasteiger partial charge in [0.15, 0.2) is 15.4 Å². The summed E-state index contributed by atoms with van der Waals surface area (Å²) in [6.45, 7) is 4.90. The predicted octanol–water partition coefficient (Wildman–Crippen LogP) is 4.69. The number of halogens is 1. The molecule has 2 aromatic carbocycles. The minimum atomic E-state index is -3.26. The molecule has 0 aliphatic carbocycles. The van der Waals surface area contributed by atoms with Crippen molar-refractivity contribution in [2.75, 3.05) is 19.3 Å². The Balaban J connectivity index is 1.29. The van der Waals surface area contributed by atoms with Crippen molar-refractivity contribution in [3.05, 3.63) is 75.2 Å². The summed E-state index contributed by atoms with van der Waals surface area (Å²) in [5.74, 6) is 0.258. The summed E-state index contributed by atoms with van der Waals surface area (Å²) in [6, 6.07) is 13.5. The molecule has 38 heavy (non-hydrogen) atoms. The van der Waals surface area contributed by atoms with Gasteiger partial charge in [-0.3, -0.25) is 9.59 Å². The number of likely N-dealkylation sites (tertiary alicyclic amines) is 1. The zero-order chi connectivity index (χ0) is 27.5. The van der Waals surface area contributed by atoms with Crippen molar-refractivity contribution in [3.63, 3.8) is 0 Å². The summed E-state index contributed by atoms with van der Waals surface area (Å²) in [5, 5.41) is 5.92. The maximum Gasteiger partial charge on any atom is 0.271 e. The number of amides is 2. The lowest BCUT2D eigenvalue weighted by Crippen LogP contribution is -2.51. The second-order valence-corrected chi connectivity index (χ2v) is 13.1. The van der Waals surface area contributed by atoms with Crippen molar-refractivity contribution in [3.8, 4) is 5.75 Å². The average Bonchev–Trinajstić information content (AvgIpc) is 3.38. The van der Waals surface area contributed by atoms with E-state index in [4.69, 9.17) is 16.3 Å². The molecule has 1 aliphatic rings. The molecule has 0 saturated carbocycles. The van der Waals surface area contributed by atoms with Gasteiger partial charge in [0.1, 0.15) is 11.4 Å². The largest absolute Gasteiger partial charge is 0.476 e. The minimum absolute atomic E-state index is 0.0976. The van der Waals surface area contributed by atoms with E-state index in [2.05, 4.69) is 10.3 Å². The van der Waals surface area contributed by atoms with Crippen molar-refractivity contribution in [1.29, 1.82) is 0 Å². The molecule has 11 heteroatoms. The first-order valence-electron chi connectivity index (χ1n) is 12.2. The Morgan fingerprint density at radius 2 is 1.79 bits per heavy atom. The third-order valence-electron chi connectivity index (χ3n) is 6.41. The topological polar surface area (TPSA) is 106 Å². The summed E-state index contributed by atoms with van der Waals surface area (Å²) >= 11 is 7.65. The van der Waals surface area contributed by atoms with Crippen LogP contribution in [0.2, 0.25) is 5.02 Å². The Labute approximate surface area is 231 Å². The lowest BCUT2D eigenvalue weighted by Gasteiger charge is -2.36. The van der Waals surface area contributed by atoms with Crippen LogP contribution in [0, 0.1) is 0 Å². The number of para-hydroxylation sites is 1. The molecule has 4 rings (SSSR count). The molecule has 0 spiro atoms. The van der Waals surface area contributed by atoms with E-state index in [1.165, 1.54) is 23.5 Å². The van der Waals surface area contributed by atoms with Crippen LogP contribution in [0.3, 0.4) is 0 Å². The number of hydrogen-bond donors (Lipinski definition) is 1. The number of nitrogens with zero attached hydrogens (tertiary/aromatic N) is 2. The molecule has 0 radical (unpaired) electrons. The Hall–Kier alpha value is -2.95. The number of aromatic nitrogens is 1. The number of carbonyl (C=O) groups excluding carboxylic acids is 2. The average molecular weight is 576 g/mol. The second kappa shape index (κ2) is 11.4. The molecular formula is C27H30ClN3O5S2. The van der Waals surface area contributed by atoms with Crippen LogP contribution in [-0.4, -0.2) is 55.1 Å². The summed E-state index contributed by atoms with van der Waals surface area (Å²) in [7, 11) is -3.26. The summed E-state index contributed by atoms with van der Waals surface area (Å²) in [4.78, 5) is 32.4. The molecule has 202 valence electrons. The molecule has 1 aromatic heterocycles. The molecule has 3 aromatic rings. The molecule has 1 fully saturated rings. The lowest BCUT2D eigenvalue weighted by atomic mass is 9.96. The minimum Gasteiger partial charge on any atom is -0.476 e. The van der Waals surface area contributed by atoms with Crippen molar-refractivity contribution >= 4 is 44.6 Å². The van der Waals surface area contributed by atoms with E-state index in [1.54, 1.807) is 43.5 Å². The number of thiazole rings is 1. The zero-order valence-corrected chi connectivity index (χ0v) is 23.8. The predicted molar refractivity (Wildman–Crippen MR) is 148 cm³/mol. The van der Waals surface area contributed by atoms with E-state index in [0.29, 0.717) is 29.6 Å². The van der Waals surface area contributed by atoms with Crippen LogP contribution < -0.4 is 10.1 Å².